The Kier molecular flexibility index (Phi) is 4.58. The number of hydrogen-bond acceptors (Lipinski definition) is 5. The van der Waals surface area contributed by atoms with Gasteiger partial charge in [0.1, 0.15) is 17.9 Å². The van der Waals surface area contributed by atoms with Gasteiger partial charge in [0.05, 0.1) is 5.39 Å². The highest BCUT2D eigenvalue weighted by molar-refractivity contribution is 6.04. The lowest BCUT2D eigenvalue weighted by Gasteiger charge is -2.08. The van der Waals surface area contributed by atoms with E-state index in [1.807, 2.05) is 48.5 Å². The normalized spacial score (nSPS) is 10.8. The van der Waals surface area contributed by atoms with Gasteiger partial charge in [0.25, 0.3) is 0 Å². The molecule has 4 aromatic rings. The van der Waals surface area contributed by atoms with Gasteiger partial charge in [-0.15, -0.1) is 0 Å². The van der Waals surface area contributed by atoms with Crippen molar-refractivity contribution in [2.24, 2.45) is 0 Å². The summed E-state index contributed by atoms with van der Waals surface area (Å²) >= 11 is 0. The third-order valence-electron chi connectivity index (χ3n) is 4.19. The smallest absolute Gasteiger partial charge is 0.344 e. The molecule has 0 amide bonds. The van der Waals surface area contributed by atoms with E-state index in [2.05, 4.69) is 0 Å². The molecule has 5 heteroatoms. The zero-order valence-electron chi connectivity index (χ0n) is 14.4. The molecular formula is C22H16O5. The van der Waals surface area contributed by atoms with Crippen LogP contribution < -0.4 is 10.4 Å². The molecule has 0 aliphatic rings. The first-order valence-electron chi connectivity index (χ1n) is 8.49. The molecule has 0 saturated carbocycles. The lowest BCUT2D eigenvalue weighted by atomic mass is 10.1. The fraction of sp³-hybridized carbons (Fsp3) is 0.0909. The second kappa shape index (κ2) is 7.33. The minimum atomic E-state index is -0.473. The van der Waals surface area contributed by atoms with Gasteiger partial charge in [0.15, 0.2) is 6.61 Å². The van der Waals surface area contributed by atoms with E-state index >= 15 is 0 Å². The Morgan fingerprint density at radius 2 is 1.59 bits per heavy atom. The van der Waals surface area contributed by atoms with E-state index in [-0.39, 0.29) is 13.2 Å². The van der Waals surface area contributed by atoms with Crippen molar-refractivity contribution in [3.8, 4) is 5.75 Å². The molecule has 0 spiro atoms. The Morgan fingerprint density at radius 3 is 2.41 bits per heavy atom. The number of fused-ring (bicyclic) bond motifs is 3. The Balaban J connectivity index is 1.47. The molecule has 1 heterocycles. The number of esters is 1. The van der Waals surface area contributed by atoms with Gasteiger partial charge in [0.2, 0.25) is 0 Å². The zero-order valence-corrected chi connectivity index (χ0v) is 14.4. The largest absolute Gasteiger partial charge is 0.482 e. The van der Waals surface area contributed by atoms with Crippen molar-refractivity contribution in [1.82, 2.24) is 0 Å². The number of rotatable bonds is 5. The Hall–Kier alpha value is -3.60. The number of hydrogen-bond donors (Lipinski definition) is 0. The van der Waals surface area contributed by atoms with Crippen molar-refractivity contribution in [3.63, 3.8) is 0 Å². The van der Waals surface area contributed by atoms with E-state index < -0.39 is 11.6 Å². The lowest BCUT2D eigenvalue weighted by Crippen LogP contribution is -2.14. The number of ether oxygens (including phenoxy) is 2. The van der Waals surface area contributed by atoms with Crippen LogP contribution >= 0.6 is 0 Å². The van der Waals surface area contributed by atoms with Crippen LogP contribution in [0, 0.1) is 0 Å². The molecule has 134 valence electrons. The highest BCUT2D eigenvalue weighted by atomic mass is 16.6. The van der Waals surface area contributed by atoms with Crippen LogP contribution in [-0.2, 0) is 16.1 Å². The van der Waals surface area contributed by atoms with E-state index in [9.17, 15) is 9.59 Å². The molecule has 0 bridgehead atoms. The third-order valence-corrected chi connectivity index (χ3v) is 4.19. The second-order valence-corrected chi connectivity index (χ2v) is 6.03. The summed E-state index contributed by atoms with van der Waals surface area (Å²) in [5, 5.41) is 2.16. The van der Waals surface area contributed by atoms with Crippen molar-refractivity contribution in [2.45, 2.75) is 6.61 Å². The maximum absolute atomic E-state index is 12.1. The molecule has 4 rings (SSSR count). The van der Waals surface area contributed by atoms with Crippen molar-refractivity contribution in [1.29, 1.82) is 0 Å². The van der Waals surface area contributed by atoms with E-state index in [0.29, 0.717) is 16.7 Å². The van der Waals surface area contributed by atoms with E-state index in [0.717, 1.165) is 16.3 Å². The first-order chi connectivity index (χ1) is 13.2. The van der Waals surface area contributed by atoms with Crippen LogP contribution in [-0.4, -0.2) is 12.6 Å². The first-order valence-corrected chi connectivity index (χ1v) is 8.49. The highest BCUT2D eigenvalue weighted by Gasteiger charge is 2.09. The summed E-state index contributed by atoms with van der Waals surface area (Å²) in [6.07, 6.45) is 0. The van der Waals surface area contributed by atoms with Crippen molar-refractivity contribution < 1.29 is 18.7 Å². The molecule has 0 atom stereocenters. The van der Waals surface area contributed by atoms with Gasteiger partial charge >= 0.3 is 11.6 Å². The summed E-state index contributed by atoms with van der Waals surface area (Å²) in [7, 11) is 0. The molecule has 27 heavy (non-hydrogen) atoms. The van der Waals surface area contributed by atoms with Crippen molar-refractivity contribution in [2.75, 3.05) is 6.61 Å². The first kappa shape index (κ1) is 16.8. The molecule has 0 radical (unpaired) electrons. The van der Waals surface area contributed by atoms with Gasteiger partial charge in [-0.2, -0.15) is 0 Å². The van der Waals surface area contributed by atoms with Crippen LogP contribution in [0.4, 0.5) is 0 Å². The standard InChI is InChI=1S/C22H16O5/c23-21(26-13-15-6-2-1-3-7-15)14-25-16-10-11-18-17-8-4-5-9-19(17)22(24)27-20(18)12-16/h1-12H,13-14H2. The van der Waals surface area contributed by atoms with E-state index in [1.165, 1.54) is 0 Å². The quantitative estimate of drug-likeness (QED) is 0.305. The Morgan fingerprint density at radius 1 is 0.852 bits per heavy atom. The van der Waals surface area contributed by atoms with E-state index in [4.69, 9.17) is 13.9 Å². The minimum Gasteiger partial charge on any atom is -0.482 e. The SMILES string of the molecule is O=C(COc1ccc2c(c1)oc(=O)c1ccccc12)OCc1ccccc1. The molecule has 0 N–H and O–H groups in total. The fourth-order valence-corrected chi connectivity index (χ4v) is 2.87. The van der Waals surface area contributed by atoms with Gasteiger partial charge < -0.3 is 13.9 Å². The molecule has 5 nitrogen and oxygen atoms in total. The topological polar surface area (TPSA) is 65.7 Å². The molecular weight excluding hydrogens is 344 g/mol. The van der Waals surface area contributed by atoms with Gasteiger partial charge in [-0.1, -0.05) is 48.5 Å². The maximum Gasteiger partial charge on any atom is 0.344 e. The average Bonchev–Trinajstić information content (AvgIpc) is 2.71. The predicted octanol–water partition coefficient (Wildman–Crippen LogP) is 4.07. The highest BCUT2D eigenvalue weighted by Crippen LogP contribution is 2.26. The van der Waals surface area contributed by atoms with Crippen LogP contribution in [0.1, 0.15) is 5.56 Å². The zero-order chi connectivity index (χ0) is 18.6. The summed E-state index contributed by atoms with van der Waals surface area (Å²) in [5.74, 6) is -0.0449. The Bertz CT molecular complexity index is 1160. The van der Waals surface area contributed by atoms with Crippen LogP contribution in [0.5, 0.6) is 5.75 Å². The summed E-state index contributed by atoms with van der Waals surface area (Å²) in [6, 6.07) is 21.8. The summed E-state index contributed by atoms with van der Waals surface area (Å²) in [5.41, 5.74) is 0.914. The van der Waals surface area contributed by atoms with Crippen LogP contribution in [0.15, 0.2) is 82.0 Å². The van der Waals surface area contributed by atoms with Crippen molar-refractivity contribution in [3.05, 3.63) is 88.8 Å². The van der Waals surface area contributed by atoms with Gasteiger partial charge in [-0.05, 0) is 29.1 Å². The molecule has 0 aliphatic heterocycles. The van der Waals surface area contributed by atoms with Crippen LogP contribution in [0.25, 0.3) is 21.7 Å². The molecule has 3 aromatic carbocycles. The molecule has 0 aliphatic carbocycles. The predicted molar refractivity (Wildman–Crippen MR) is 102 cm³/mol. The second-order valence-electron chi connectivity index (χ2n) is 6.03. The molecule has 0 saturated heterocycles. The average molecular weight is 360 g/mol. The number of benzene rings is 3. The van der Waals surface area contributed by atoms with Crippen LogP contribution in [0.2, 0.25) is 0 Å². The van der Waals surface area contributed by atoms with E-state index in [1.54, 1.807) is 24.3 Å². The Labute approximate surface area is 154 Å². The summed E-state index contributed by atoms with van der Waals surface area (Å²) in [6.45, 7) is -0.0300. The minimum absolute atomic E-state index is 0.196. The fourth-order valence-electron chi connectivity index (χ4n) is 2.87. The van der Waals surface area contributed by atoms with Crippen molar-refractivity contribution >= 4 is 27.7 Å². The molecule has 0 fully saturated rings. The lowest BCUT2D eigenvalue weighted by molar-refractivity contribution is -0.147. The monoisotopic (exact) mass is 360 g/mol. The van der Waals surface area contributed by atoms with Crippen LogP contribution in [0.3, 0.4) is 0 Å². The summed E-state index contributed by atoms with van der Waals surface area (Å²) in [4.78, 5) is 24.0. The van der Waals surface area contributed by atoms with Gasteiger partial charge in [0, 0.05) is 11.5 Å². The third kappa shape index (κ3) is 3.67. The summed E-state index contributed by atoms with van der Waals surface area (Å²) < 4.78 is 16.0. The maximum atomic E-state index is 12.1. The molecule has 0 unspecified atom stereocenters. The number of carbonyl (C=O) groups is 1. The number of carbonyl (C=O) groups excluding carboxylic acids is 1. The molecule has 1 aromatic heterocycles. The van der Waals surface area contributed by atoms with Gasteiger partial charge in [-0.25, -0.2) is 9.59 Å². The van der Waals surface area contributed by atoms with Gasteiger partial charge in [-0.3, -0.25) is 0 Å².